The van der Waals surface area contributed by atoms with Crippen molar-refractivity contribution in [3.05, 3.63) is 64.3 Å². The van der Waals surface area contributed by atoms with Gasteiger partial charge in [0.05, 0.1) is 0 Å². The molecule has 0 aromatic heterocycles. The van der Waals surface area contributed by atoms with Crippen LogP contribution >= 0.6 is 0 Å². The molecule has 3 heteroatoms. The lowest BCUT2D eigenvalue weighted by Gasteiger charge is -2.25. The Morgan fingerprint density at radius 1 is 0.800 bits per heavy atom. The maximum absolute atomic E-state index is 12.1. The molecular weight excluding hydrogens is 310 g/mol. The van der Waals surface area contributed by atoms with Crippen LogP contribution in [0, 0.1) is 0 Å². The van der Waals surface area contributed by atoms with Crippen LogP contribution in [0.4, 0.5) is 0 Å². The van der Waals surface area contributed by atoms with Crippen LogP contribution in [0.5, 0.6) is 0 Å². The molecule has 0 spiro atoms. The van der Waals surface area contributed by atoms with Gasteiger partial charge >= 0.3 is 0 Å². The van der Waals surface area contributed by atoms with E-state index in [1.165, 1.54) is 39.0 Å². The number of carbonyl (C=O) groups excluding carboxylic acids is 2. The summed E-state index contributed by atoms with van der Waals surface area (Å²) in [5, 5.41) is 0. The lowest BCUT2D eigenvalue weighted by Crippen LogP contribution is -2.29. The highest BCUT2D eigenvalue weighted by molar-refractivity contribution is 5.94. The van der Waals surface area contributed by atoms with Crippen LogP contribution in [0.15, 0.2) is 42.1 Å². The molecule has 25 heavy (non-hydrogen) atoms. The summed E-state index contributed by atoms with van der Waals surface area (Å²) < 4.78 is 0. The van der Waals surface area contributed by atoms with E-state index in [9.17, 15) is 9.59 Å². The van der Waals surface area contributed by atoms with Gasteiger partial charge in [0.15, 0.2) is 0 Å². The van der Waals surface area contributed by atoms with Crippen LogP contribution < -0.4 is 0 Å². The molecule has 2 aliphatic carbocycles. The first-order chi connectivity index (χ1) is 12.1. The van der Waals surface area contributed by atoms with Gasteiger partial charge < -0.3 is 4.90 Å². The van der Waals surface area contributed by atoms with E-state index in [0.29, 0.717) is 25.0 Å². The number of carbonyl (C=O) groups is 2. The number of allylic oxidation sites excluding steroid dienone is 2. The van der Waals surface area contributed by atoms with Crippen molar-refractivity contribution in [1.29, 1.82) is 0 Å². The van der Waals surface area contributed by atoms with Gasteiger partial charge in [0, 0.05) is 38.4 Å². The molecule has 3 aliphatic rings. The number of fused-ring (bicyclic) bond motifs is 3. The van der Waals surface area contributed by atoms with Crippen molar-refractivity contribution in [3.63, 3.8) is 0 Å². The molecule has 3 nitrogen and oxygen atoms in total. The largest absolute Gasteiger partial charge is 0.319 e. The number of nitrogens with zero attached hydrogens (tertiary/aromatic N) is 1. The summed E-state index contributed by atoms with van der Waals surface area (Å²) in [6.07, 6.45) is 3.33. The Balaban J connectivity index is 1.66. The molecule has 5 rings (SSSR count). The Bertz CT molecular complexity index is 984. The highest BCUT2D eigenvalue weighted by atomic mass is 16.2. The van der Waals surface area contributed by atoms with Crippen LogP contribution in [0.25, 0.3) is 16.7 Å². The summed E-state index contributed by atoms with van der Waals surface area (Å²) in [6.45, 7) is 0. The topological polar surface area (TPSA) is 37.4 Å². The fraction of sp³-hybridized carbons (Fsp3) is 0.273. The van der Waals surface area contributed by atoms with Gasteiger partial charge in [0.25, 0.3) is 0 Å². The average molecular weight is 329 g/mol. The maximum Gasteiger partial charge on any atom is 0.226 e. The second kappa shape index (κ2) is 5.16. The average Bonchev–Trinajstić information content (AvgIpc) is 3.17. The van der Waals surface area contributed by atoms with Crippen molar-refractivity contribution < 1.29 is 9.59 Å². The smallest absolute Gasteiger partial charge is 0.226 e. The number of benzene rings is 2. The molecule has 0 saturated carbocycles. The third-order valence-electron chi connectivity index (χ3n) is 5.89. The summed E-state index contributed by atoms with van der Waals surface area (Å²) in [6, 6.07) is 12.7. The molecule has 0 bridgehead atoms. The zero-order chi connectivity index (χ0) is 17.1. The van der Waals surface area contributed by atoms with E-state index in [1.54, 1.807) is 0 Å². The van der Waals surface area contributed by atoms with Crippen LogP contribution in [0.2, 0.25) is 0 Å². The third kappa shape index (κ3) is 2.05. The SMILES string of the molecule is CN1C(=O)CCC2=C1Cc1c2cccc1-c1cccc2c1CC(=O)C2. The van der Waals surface area contributed by atoms with Gasteiger partial charge in [-0.2, -0.15) is 0 Å². The fourth-order valence-electron chi connectivity index (χ4n) is 4.63. The Morgan fingerprint density at radius 3 is 2.36 bits per heavy atom. The molecule has 1 heterocycles. The zero-order valence-electron chi connectivity index (χ0n) is 14.3. The minimum Gasteiger partial charge on any atom is -0.319 e. The molecule has 124 valence electrons. The van der Waals surface area contributed by atoms with E-state index < -0.39 is 0 Å². The van der Waals surface area contributed by atoms with Gasteiger partial charge in [-0.1, -0.05) is 36.4 Å². The summed E-state index contributed by atoms with van der Waals surface area (Å²) in [5.74, 6) is 0.511. The Kier molecular flexibility index (Phi) is 3.02. The normalized spacial score (nSPS) is 18.5. The van der Waals surface area contributed by atoms with Crippen molar-refractivity contribution in [3.8, 4) is 11.1 Å². The van der Waals surface area contributed by atoms with E-state index in [0.717, 1.165) is 18.5 Å². The predicted octanol–water partition coefficient (Wildman–Crippen LogP) is 3.54. The number of hydrogen-bond donors (Lipinski definition) is 0. The number of ketones is 1. The Hall–Kier alpha value is -2.68. The van der Waals surface area contributed by atoms with Crippen LogP contribution in [-0.4, -0.2) is 23.6 Å². The maximum atomic E-state index is 12.1. The molecule has 0 N–H and O–H groups in total. The number of rotatable bonds is 1. The molecule has 1 amide bonds. The first kappa shape index (κ1) is 14.6. The monoisotopic (exact) mass is 329 g/mol. The number of hydrogen-bond acceptors (Lipinski definition) is 2. The molecule has 2 aromatic rings. The van der Waals surface area contributed by atoms with Crippen molar-refractivity contribution in [1.82, 2.24) is 4.90 Å². The summed E-state index contributed by atoms with van der Waals surface area (Å²) in [5.41, 5.74) is 9.84. The standard InChI is InChI=1S/C22H19NO2/c1-23-21-12-20-16(6-3-7-17(20)18(21)8-9-22(23)25)15-5-2-4-13-10-14(24)11-19(13)15/h2-7H,8-12H2,1H3. The second-order valence-electron chi connectivity index (χ2n) is 7.22. The quantitative estimate of drug-likeness (QED) is 0.802. The minimum absolute atomic E-state index is 0.208. The molecule has 0 atom stereocenters. The van der Waals surface area contributed by atoms with Crippen LogP contribution in [0.1, 0.15) is 35.1 Å². The van der Waals surface area contributed by atoms with E-state index in [-0.39, 0.29) is 5.91 Å². The van der Waals surface area contributed by atoms with Gasteiger partial charge in [0.2, 0.25) is 5.91 Å². The van der Waals surface area contributed by atoms with Crippen LogP contribution in [0.3, 0.4) is 0 Å². The summed E-state index contributed by atoms with van der Waals surface area (Å²) >= 11 is 0. The summed E-state index contributed by atoms with van der Waals surface area (Å²) in [7, 11) is 1.89. The predicted molar refractivity (Wildman–Crippen MR) is 96.9 cm³/mol. The highest BCUT2D eigenvalue weighted by Crippen LogP contribution is 2.44. The van der Waals surface area contributed by atoms with E-state index >= 15 is 0 Å². The molecule has 0 unspecified atom stereocenters. The van der Waals surface area contributed by atoms with Gasteiger partial charge in [-0.25, -0.2) is 0 Å². The Morgan fingerprint density at radius 2 is 1.52 bits per heavy atom. The van der Waals surface area contributed by atoms with Crippen molar-refractivity contribution in [2.75, 3.05) is 7.05 Å². The van der Waals surface area contributed by atoms with Gasteiger partial charge in [-0.15, -0.1) is 0 Å². The molecule has 2 aromatic carbocycles. The number of amides is 1. The number of likely N-dealkylation sites (N-methyl/N-ethyl adjacent to an activating group) is 1. The van der Waals surface area contributed by atoms with E-state index in [4.69, 9.17) is 0 Å². The van der Waals surface area contributed by atoms with Gasteiger partial charge in [0.1, 0.15) is 5.78 Å². The third-order valence-corrected chi connectivity index (χ3v) is 5.89. The van der Waals surface area contributed by atoms with E-state index in [1.807, 2.05) is 11.9 Å². The summed E-state index contributed by atoms with van der Waals surface area (Å²) in [4.78, 5) is 25.9. The highest BCUT2D eigenvalue weighted by Gasteiger charge is 2.32. The first-order valence-corrected chi connectivity index (χ1v) is 8.87. The fourth-order valence-corrected chi connectivity index (χ4v) is 4.63. The van der Waals surface area contributed by atoms with Crippen molar-refractivity contribution in [2.24, 2.45) is 0 Å². The zero-order valence-corrected chi connectivity index (χ0v) is 14.3. The second-order valence-corrected chi connectivity index (χ2v) is 7.22. The van der Waals surface area contributed by atoms with Crippen LogP contribution in [-0.2, 0) is 28.9 Å². The lowest BCUT2D eigenvalue weighted by atomic mass is 9.90. The molecule has 1 aliphatic heterocycles. The molecule has 0 fully saturated rings. The molecule has 0 radical (unpaired) electrons. The molecular formula is C22H19NO2. The first-order valence-electron chi connectivity index (χ1n) is 8.87. The van der Waals surface area contributed by atoms with Crippen molar-refractivity contribution >= 4 is 17.3 Å². The lowest BCUT2D eigenvalue weighted by molar-refractivity contribution is -0.128. The molecule has 0 saturated heterocycles. The number of Topliss-reactive ketones (excluding diaryl/α,β-unsaturated/α-hetero) is 1. The van der Waals surface area contributed by atoms with E-state index in [2.05, 4.69) is 36.4 Å². The van der Waals surface area contributed by atoms with Gasteiger partial charge in [-0.3, -0.25) is 9.59 Å². The van der Waals surface area contributed by atoms with Gasteiger partial charge in [-0.05, 0) is 45.4 Å². The minimum atomic E-state index is 0.208. The Labute approximate surface area is 147 Å². The van der Waals surface area contributed by atoms with Crippen molar-refractivity contribution in [2.45, 2.75) is 32.1 Å².